The Kier molecular flexibility index (Phi) is 3.70. The number of nitrogens with one attached hydrogen (secondary N) is 1. The highest BCUT2D eigenvalue weighted by Crippen LogP contribution is 2.18. The fraction of sp³-hybridized carbons (Fsp3) is 0.118. The molecule has 3 aromatic rings. The van der Waals surface area contributed by atoms with Crippen LogP contribution in [-0.4, -0.2) is 16.0 Å². The molecule has 0 bridgehead atoms. The molecule has 0 aliphatic carbocycles. The molecular formula is C17H15N3O2. The summed E-state index contributed by atoms with van der Waals surface area (Å²) in [5.74, 6) is 0.790. The molecule has 1 amide bonds. The maximum absolute atomic E-state index is 12.3. The smallest absolute Gasteiger partial charge is 0.255 e. The second-order valence-corrected chi connectivity index (χ2v) is 5.04. The molecular weight excluding hydrogens is 278 g/mol. The largest absolute Gasteiger partial charge is 0.339 e. The molecule has 5 nitrogen and oxygen atoms in total. The van der Waals surface area contributed by atoms with Crippen molar-refractivity contribution in [3.63, 3.8) is 0 Å². The van der Waals surface area contributed by atoms with Gasteiger partial charge in [0.05, 0.1) is 0 Å². The lowest BCUT2D eigenvalue weighted by Crippen LogP contribution is -2.11. The Labute approximate surface area is 128 Å². The molecule has 1 heterocycles. The van der Waals surface area contributed by atoms with Gasteiger partial charge in [-0.25, -0.2) is 0 Å². The van der Waals surface area contributed by atoms with Gasteiger partial charge in [0, 0.05) is 23.7 Å². The molecule has 0 atom stereocenters. The number of aryl methyl sites for hydroxylation is 2. The van der Waals surface area contributed by atoms with Crippen molar-refractivity contribution in [2.75, 3.05) is 5.32 Å². The van der Waals surface area contributed by atoms with Gasteiger partial charge < -0.3 is 9.84 Å². The Morgan fingerprint density at radius 2 is 1.86 bits per heavy atom. The maximum atomic E-state index is 12.3. The fourth-order valence-electron chi connectivity index (χ4n) is 2.06. The molecule has 0 saturated carbocycles. The summed E-state index contributed by atoms with van der Waals surface area (Å²) in [6.45, 7) is 3.73. The van der Waals surface area contributed by atoms with E-state index in [0.29, 0.717) is 17.3 Å². The number of carbonyl (C=O) groups is 1. The molecule has 3 rings (SSSR count). The first-order valence-electron chi connectivity index (χ1n) is 6.90. The second kappa shape index (κ2) is 5.81. The lowest BCUT2D eigenvalue weighted by atomic mass is 10.1. The summed E-state index contributed by atoms with van der Waals surface area (Å²) in [5.41, 5.74) is 3.19. The van der Waals surface area contributed by atoms with Gasteiger partial charge in [0.15, 0.2) is 0 Å². The summed E-state index contributed by atoms with van der Waals surface area (Å²) in [6.07, 6.45) is 0. The average Bonchev–Trinajstić information content (AvgIpc) is 2.96. The highest BCUT2D eigenvalue weighted by atomic mass is 16.5. The summed E-state index contributed by atoms with van der Waals surface area (Å²) < 4.78 is 4.96. The number of benzene rings is 2. The van der Waals surface area contributed by atoms with Crippen LogP contribution in [0.2, 0.25) is 0 Å². The molecule has 1 aromatic heterocycles. The van der Waals surface area contributed by atoms with Crippen LogP contribution in [-0.2, 0) is 0 Å². The van der Waals surface area contributed by atoms with E-state index >= 15 is 0 Å². The summed E-state index contributed by atoms with van der Waals surface area (Å²) in [5, 5.41) is 6.73. The number of hydrogen-bond donors (Lipinski definition) is 1. The van der Waals surface area contributed by atoms with Crippen LogP contribution >= 0.6 is 0 Å². The van der Waals surface area contributed by atoms with E-state index in [2.05, 4.69) is 15.5 Å². The molecule has 0 saturated heterocycles. The monoisotopic (exact) mass is 293 g/mol. The first kappa shape index (κ1) is 14.0. The standard InChI is InChI=1S/C17H15N3O2/c1-11-6-8-15(9-7-11)19-17(21)14-5-3-4-13(10-14)16-18-12(2)22-20-16/h3-10H,1-2H3,(H,19,21). The molecule has 0 aliphatic heterocycles. The molecule has 5 heteroatoms. The van der Waals surface area contributed by atoms with E-state index in [0.717, 1.165) is 16.8 Å². The Morgan fingerprint density at radius 3 is 2.55 bits per heavy atom. The summed E-state index contributed by atoms with van der Waals surface area (Å²) in [4.78, 5) is 16.5. The molecule has 0 spiro atoms. The van der Waals surface area contributed by atoms with E-state index in [-0.39, 0.29) is 5.91 Å². The summed E-state index contributed by atoms with van der Waals surface area (Å²) in [6, 6.07) is 14.8. The molecule has 0 radical (unpaired) electrons. The van der Waals surface area contributed by atoms with E-state index < -0.39 is 0 Å². The van der Waals surface area contributed by atoms with Crippen molar-refractivity contribution in [2.45, 2.75) is 13.8 Å². The van der Waals surface area contributed by atoms with Gasteiger partial charge in [0.25, 0.3) is 5.91 Å². The molecule has 110 valence electrons. The van der Waals surface area contributed by atoms with E-state index in [1.54, 1.807) is 25.1 Å². The number of hydrogen-bond acceptors (Lipinski definition) is 4. The van der Waals surface area contributed by atoms with Crippen LogP contribution in [0.5, 0.6) is 0 Å². The highest BCUT2D eigenvalue weighted by molar-refractivity contribution is 6.04. The molecule has 22 heavy (non-hydrogen) atoms. The lowest BCUT2D eigenvalue weighted by Gasteiger charge is -2.06. The zero-order chi connectivity index (χ0) is 15.5. The zero-order valence-electron chi connectivity index (χ0n) is 12.3. The zero-order valence-corrected chi connectivity index (χ0v) is 12.3. The summed E-state index contributed by atoms with van der Waals surface area (Å²) >= 11 is 0. The highest BCUT2D eigenvalue weighted by Gasteiger charge is 2.10. The summed E-state index contributed by atoms with van der Waals surface area (Å²) in [7, 11) is 0. The number of nitrogens with zero attached hydrogens (tertiary/aromatic N) is 2. The van der Waals surface area contributed by atoms with Crippen LogP contribution in [0.25, 0.3) is 11.4 Å². The van der Waals surface area contributed by atoms with Crippen molar-refractivity contribution in [1.82, 2.24) is 10.1 Å². The van der Waals surface area contributed by atoms with Gasteiger partial charge in [0.1, 0.15) is 0 Å². The Hall–Kier alpha value is -2.95. The van der Waals surface area contributed by atoms with Gasteiger partial charge in [-0.3, -0.25) is 4.79 Å². The van der Waals surface area contributed by atoms with E-state index in [1.165, 1.54) is 0 Å². The minimum absolute atomic E-state index is 0.175. The Bertz CT molecular complexity index is 807. The van der Waals surface area contributed by atoms with Crippen molar-refractivity contribution in [1.29, 1.82) is 0 Å². The number of anilines is 1. The van der Waals surface area contributed by atoms with Gasteiger partial charge in [-0.05, 0) is 31.2 Å². The minimum atomic E-state index is -0.175. The van der Waals surface area contributed by atoms with Crippen LogP contribution < -0.4 is 5.32 Å². The van der Waals surface area contributed by atoms with Crippen molar-refractivity contribution in [3.05, 3.63) is 65.5 Å². The Balaban J connectivity index is 1.82. The van der Waals surface area contributed by atoms with Gasteiger partial charge in [-0.2, -0.15) is 4.98 Å². The maximum Gasteiger partial charge on any atom is 0.255 e. The van der Waals surface area contributed by atoms with Gasteiger partial charge in [-0.1, -0.05) is 35.0 Å². The van der Waals surface area contributed by atoms with Gasteiger partial charge >= 0.3 is 0 Å². The predicted molar refractivity (Wildman–Crippen MR) is 83.6 cm³/mol. The van der Waals surface area contributed by atoms with E-state index in [9.17, 15) is 4.79 Å². The van der Waals surface area contributed by atoms with Crippen molar-refractivity contribution >= 4 is 11.6 Å². The number of amides is 1. The molecule has 0 unspecified atom stereocenters. The van der Waals surface area contributed by atoms with Crippen molar-refractivity contribution < 1.29 is 9.32 Å². The third-order valence-corrected chi connectivity index (χ3v) is 3.22. The van der Waals surface area contributed by atoms with Gasteiger partial charge in [-0.15, -0.1) is 0 Å². The van der Waals surface area contributed by atoms with Crippen LogP contribution in [0.3, 0.4) is 0 Å². The van der Waals surface area contributed by atoms with E-state index in [4.69, 9.17) is 4.52 Å². The van der Waals surface area contributed by atoms with Crippen molar-refractivity contribution in [3.8, 4) is 11.4 Å². The lowest BCUT2D eigenvalue weighted by molar-refractivity contribution is 0.102. The first-order chi connectivity index (χ1) is 10.6. The number of carbonyl (C=O) groups excluding carboxylic acids is 1. The SMILES string of the molecule is Cc1ccc(NC(=O)c2cccc(-c3noc(C)n3)c2)cc1. The fourth-order valence-corrected chi connectivity index (χ4v) is 2.06. The molecule has 2 aromatic carbocycles. The average molecular weight is 293 g/mol. The molecule has 1 N–H and O–H groups in total. The van der Waals surface area contributed by atoms with Crippen LogP contribution in [0.4, 0.5) is 5.69 Å². The first-order valence-corrected chi connectivity index (χ1v) is 6.90. The quantitative estimate of drug-likeness (QED) is 0.801. The Morgan fingerprint density at radius 1 is 1.09 bits per heavy atom. The normalized spacial score (nSPS) is 10.5. The predicted octanol–water partition coefficient (Wildman–Crippen LogP) is 3.61. The van der Waals surface area contributed by atoms with Gasteiger partial charge in [0.2, 0.25) is 11.7 Å². The van der Waals surface area contributed by atoms with Crippen LogP contribution in [0, 0.1) is 13.8 Å². The van der Waals surface area contributed by atoms with E-state index in [1.807, 2.05) is 37.3 Å². The third kappa shape index (κ3) is 3.03. The molecule has 0 fully saturated rings. The minimum Gasteiger partial charge on any atom is -0.339 e. The van der Waals surface area contributed by atoms with Crippen LogP contribution in [0.15, 0.2) is 53.1 Å². The molecule has 0 aliphatic rings. The third-order valence-electron chi connectivity index (χ3n) is 3.22. The second-order valence-electron chi connectivity index (χ2n) is 5.04. The number of rotatable bonds is 3. The number of aromatic nitrogens is 2. The topological polar surface area (TPSA) is 68.0 Å². The van der Waals surface area contributed by atoms with Crippen LogP contribution in [0.1, 0.15) is 21.8 Å². The van der Waals surface area contributed by atoms with Crippen molar-refractivity contribution in [2.24, 2.45) is 0 Å².